The largest absolute Gasteiger partial charge is 0.444 e. The molecule has 0 radical (unpaired) electrons. The Morgan fingerprint density at radius 2 is 1.87 bits per heavy atom. The van der Waals surface area contributed by atoms with Crippen molar-refractivity contribution in [1.29, 1.82) is 0 Å². The van der Waals surface area contributed by atoms with Crippen molar-refractivity contribution < 1.29 is 41.9 Å². The monoisotopic (exact) mass is 740 g/mol. The lowest BCUT2D eigenvalue weighted by atomic mass is 9.91. The minimum absolute atomic E-state index is 0.00282. The van der Waals surface area contributed by atoms with Crippen molar-refractivity contribution in [2.75, 3.05) is 6.54 Å². The molecule has 1 saturated heterocycles. The van der Waals surface area contributed by atoms with Crippen LogP contribution in [-0.4, -0.2) is 83.6 Å². The summed E-state index contributed by atoms with van der Waals surface area (Å²) in [6.07, 6.45) is 5.04. The third kappa shape index (κ3) is 8.16. The Morgan fingerprint density at radius 3 is 2.56 bits per heavy atom. The molecule has 13 nitrogen and oxygen atoms in total. The molecule has 0 aromatic heterocycles. The zero-order valence-corrected chi connectivity index (χ0v) is 31.3. The smallest absolute Gasteiger partial charge is 0.410 e. The van der Waals surface area contributed by atoms with E-state index in [-0.39, 0.29) is 25.8 Å². The van der Waals surface area contributed by atoms with Crippen LogP contribution in [0.3, 0.4) is 0 Å². The summed E-state index contributed by atoms with van der Waals surface area (Å²) >= 11 is 0. The van der Waals surface area contributed by atoms with Gasteiger partial charge in [0.05, 0.1) is 23.3 Å². The Kier molecular flexibility index (Phi) is 10.8. The number of carbonyl (C=O) groups is 5. The fourth-order valence-electron chi connectivity index (χ4n) is 8.02. The molecule has 2 saturated carbocycles. The van der Waals surface area contributed by atoms with Crippen LogP contribution in [0.4, 0.5) is 9.59 Å². The molecular weight excluding hydrogens is 689 g/mol. The number of amides is 4. The van der Waals surface area contributed by atoms with E-state index in [0.29, 0.717) is 45.2 Å². The summed E-state index contributed by atoms with van der Waals surface area (Å²) < 4.78 is 39.4. The van der Waals surface area contributed by atoms with Gasteiger partial charge in [0, 0.05) is 25.9 Å². The van der Waals surface area contributed by atoms with Crippen LogP contribution in [0.5, 0.6) is 0 Å². The maximum Gasteiger partial charge on any atom is 0.410 e. The summed E-state index contributed by atoms with van der Waals surface area (Å²) in [5.74, 6) is -2.13. The van der Waals surface area contributed by atoms with Gasteiger partial charge in [-0.05, 0) is 87.8 Å². The van der Waals surface area contributed by atoms with E-state index in [9.17, 15) is 32.4 Å². The molecule has 0 unspecified atom stereocenters. The molecule has 4 amide bonds. The van der Waals surface area contributed by atoms with E-state index in [1.165, 1.54) is 4.90 Å². The van der Waals surface area contributed by atoms with E-state index < -0.39 is 80.2 Å². The van der Waals surface area contributed by atoms with Crippen LogP contribution in [0.15, 0.2) is 30.9 Å². The number of ketones is 1. The normalized spacial score (nSPS) is 29.2. The molecule has 3 fully saturated rings. The highest BCUT2D eigenvalue weighted by Gasteiger charge is 2.61. The van der Waals surface area contributed by atoms with Crippen LogP contribution in [0.2, 0.25) is 0 Å². The molecule has 2 N–H and O–H groups in total. The lowest BCUT2D eigenvalue weighted by molar-refractivity contribution is -0.140. The maximum absolute atomic E-state index is 14.4. The van der Waals surface area contributed by atoms with Crippen LogP contribution in [0.1, 0.15) is 108 Å². The fraction of sp³-hybridized carbons (Fsp3) is 0.658. The van der Waals surface area contributed by atoms with Crippen molar-refractivity contribution in [1.82, 2.24) is 19.8 Å². The summed E-state index contributed by atoms with van der Waals surface area (Å²) in [4.78, 5) is 72.0. The Labute approximate surface area is 306 Å². The number of carbonyl (C=O) groups excluding carboxylic acids is 5. The molecule has 1 aromatic carbocycles. The molecule has 1 aromatic rings. The highest BCUT2D eigenvalue weighted by atomic mass is 32.2. The van der Waals surface area contributed by atoms with Crippen molar-refractivity contribution in [3.63, 3.8) is 0 Å². The number of rotatable bonds is 10. The molecule has 284 valence electrons. The average molecular weight is 741 g/mol. The molecule has 3 aliphatic heterocycles. The van der Waals surface area contributed by atoms with Gasteiger partial charge in [0.25, 0.3) is 0 Å². The number of hydrogen-bond donors (Lipinski definition) is 2. The Hall–Kier alpha value is -3.94. The van der Waals surface area contributed by atoms with E-state index in [1.807, 2.05) is 32.9 Å². The molecule has 5 atom stereocenters. The fourth-order valence-corrected chi connectivity index (χ4v) is 9.40. The second-order valence-corrected chi connectivity index (χ2v) is 17.8. The molecule has 52 heavy (non-hydrogen) atoms. The van der Waals surface area contributed by atoms with Gasteiger partial charge in [-0.1, -0.05) is 44.0 Å². The van der Waals surface area contributed by atoms with Gasteiger partial charge in [-0.2, -0.15) is 0 Å². The topological polar surface area (TPSA) is 168 Å². The molecule has 14 heteroatoms. The molecule has 6 rings (SSSR count). The van der Waals surface area contributed by atoms with Gasteiger partial charge in [-0.25, -0.2) is 18.0 Å². The number of alkyl carbamates (subject to hydrolysis) is 1. The summed E-state index contributed by atoms with van der Waals surface area (Å²) in [5.41, 5.74) is 1.18. The molecule has 2 aliphatic carbocycles. The summed E-state index contributed by atoms with van der Waals surface area (Å²) in [5, 5.41) is 2.14. The maximum atomic E-state index is 14.4. The number of hydrogen-bond acceptors (Lipinski definition) is 9. The molecule has 0 spiro atoms. The number of nitrogens with one attached hydrogen (secondary N) is 2. The van der Waals surface area contributed by atoms with Crippen molar-refractivity contribution in [3.05, 3.63) is 47.5 Å². The average Bonchev–Trinajstić information content (AvgIpc) is 3.98. The van der Waals surface area contributed by atoms with Gasteiger partial charge in [0.2, 0.25) is 21.8 Å². The number of benzene rings is 1. The Bertz CT molecular complexity index is 1720. The van der Waals surface area contributed by atoms with Gasteiger partial charge in [0.15, 0.2) is 5.78 Å². The first-order valence-electron chi connectivity index (χ1n) is 18.7. The van der Waals surface area contributed by atoms with Crippen molar-refractivity contribution in [3.8, 4) is 0 Å². The van der Waals surface area contributed by atoms with Gasteiger partial charge in [-0.3, -0.25) is 24.0 Å². The van der Waals surface area contributed by atoms with Gasteiger partial charge in [-0.15, -0.1) is 6.58 Å². The van der Waals surface area contributed by atoms with E-state index >= 15 is 0 Å². The number of Topliss-reactive ketones (excluding diaryl/α,β-unsaturated/α-hetero) is 1. The lowest BCUT2D eigenvalue weighted by Gasteiger charge is -2.31. The minimum atomic E-state index is -3.86. The zero-order valence-electron chi connectivity index (χ0n) is 30.5. The standard InChI is InChI=1S/C38H52N4O9S/c1-5-7-14-30-33(44)42-22-27(18-31(42)32(43)20-38(19-26(38)6-2)34(45)40-52(48,49)28-15-16-28)50-36(47)41-21-25-13-10-12-24(29(25)23-41)11-8-9-17-37(3,4)51-35(46)39-30/h6,10,12-13,26-28,30-31H,2,5,7-9,11,14-23H2,1,3-4H3,(H,39,46)(H,40,45)/t26-,27-,30+,31+,38-/m1/s1. The number of nitrogens with zero attached hydrogens (tertiary/aromatic N) is 2. The second-order valence-electron chi connectivity index (χ2n) is 15.9. The highest BCUT2D eigenvalue weighted by molar-refractivity contribution is 7.90. The van der Waals surface area contributed by atoms with E-state index in [2.05, 4.69) is 22.7 Å². The Morgan fingerprint density at radius 1 is 1.12 bits per heavy atom. The molecular formula is C38H52N4O9S. The van der Waals surface area contributed by atoms with Crippen LogP contribution in [0.25, 0.3) is 0 Å². The first-order chi connectivity index (χ1) is 24.7. The SMILES string of the molecule is C=C[C@@H]1C[C@]1(CC(=O)[C@@H]1C[C@@H]2CN1C(=O)[C@H](CCCC)NC(=O)OC(C)(C)CCCCc1cccc3c1CN(C3)C(=O)O2)C(=O)NS(=O)(=O)C1CC1. The van der Waals surface area contributed by atoms with Gasteiger partial charge >= 0.3 is 12.2 Å². The van der Waals surface area contributed by atoms with E-state index in [0.717, 1.165) is 42.4 Å². The Balaban J connectivity index is 1.27. The predicted molar refractivity (Wildman–Crippen MR) is 191 cm³/mol. The first kappa shape index (κ1) is 37.8. The summed E-state index contributed by atoms with van der Waals surface area (Å²) in [6, 6.07) is 3.98. The van der Waals surface area contributed by atoms with E-state index in [1.54, 1.807) is 11.0 Å². The number of ether oxygens (including phenoxy) is 2. The summed E-state index contributed by atoms with van der Waals surface area (Å²) in [6.45, 7) is 10.1. The van der Waals surface area contributed by atoms with Crippen LogP contribution in [0, 0.1) is 11.3 Å². The number of sulfonamides is 1. The predicted octanol–water partition coefficient (Wildman–Crippen LogP) is 4.66. The van der Waals surface area contributed by atoms with Crippen LogP contribution < -0.4 is 10.0 Å². The van der Waals surface area contributed by atoms with Crippen molar-refractivity contribution in [2.45, 2.75) is 140 Å². The summed E-state index contributed by atoms with van der Waals surface area (Å²) in [7, 11) is -3.86. The van der Waals surface area contributed by atoms with Gasteiger partial charge < -0.3 is 19.7 Å². The van der Waals surface area contributed by atoms with Crippen molar-refractivity contribution in [2.24, 2.45) is 11.3 Å². The third-order valence-corrected chi connectivity index (χ3v) is 13.2. The second kappa shape index (κ2) is 14.8. The van der Waals surface area contributed by atoms with Crippen LogP contribution >= 0.6 is 0 Å². The molecule has 3 heterocycles. The molecule has 5 aliphatic rings. The third-order valence-electron chi connectivity index (χ3n) is 11.4. The quantitative estimate of drug-likeness (QED) is 0.324. The lowest BCUT2D eigenvalue weighted by Crippen LogP contribution is -2.53. The van der Waals surface area contributed by atoms with Gasteiger partial charge in [0.1, 0.15) is 17.7 Å². The highest BCUT2D eigenvalue weighted by Crippen LogP contribution is 2.57. The number of allylic oxidation sites excluding steroid dienone is 1. The number of fused-ring (bicyclic) bond motifs is 3. The number of aryl methyl sites for hydroxylation is 1. The minimum Gasteiger partial charge on any atom is -0.444 e. The van der Waals surface area contributed by atoms with E-state index in [4.69, 9.17) is 9.47 Å². The zero-order chi connectivity index (χ0) is 37.4. The van der Waals surface area contributed by atoms with Crippen molar-refractivity contribution >= 4 is 39.8 Å². The number of cyclic esters (lactones) is 1. The molecule has 4 bridgehead atoms. The first-order valence-corrected chi connectivity index (χ1v) is 20.3. The van der Waals surface area contributed by atoms with Crippen LogP contribution in [-0.2, 0) is 53.4 Å². The number of unbranched alkanes of at least 4 members (excludes halogenated alkanes) is 1.